The van der Waals surface area contributed by atoms with Crippen molar-refractivity contribution in [2.75, 3.05) is 26.2 Å². The van der Waals surface area contributed by atoms with Gasteiger partial charge in [-0.2, -0.15) is 0 Å². The van der Waals surface area contributed by atoms with E-state index in [1.807, 2.05) is 18.7 Å². The number of benzene rings is 1. The second-order valence-electron chi connectivity index (χ2n) is 6.95. The van der Waals surface area contributed by atoms with Crippen molar-refractivity contribution in [1.29, 1.82) is 0 Å². The van der Waals surface area contributed by atoms with E-state index in [4.69, 9.17) is 4.52 Å². The lowest BCUT2D eigenvalue weighted by molar-refractivity contribution is -0.133. The van der Waals surface area contributed by atoms with Crippen molar-refractivity contribution in [3.05, 3.63) is 52.4 Å². The quantitative estimate of drug-likeness (QED) is 0.839. The average Bonchev–Trinajstić information content (AvgIpc) is 2.92. The lowest BCUT2D eigenvalue weighted by Crippen LogP contribution is -2.48. The molecule has 3 rings (SSSR count). The number of piperazine rings is 1. The van der Waals surface area contributed by atoms with Crippen LogP contribution < -0.4 is 0 Å². The Hall–Kier alpha value is -2.14. The predicted octanol–water partition coefficient (Wildman–Crippen LogP) is 2.88. The van der Waals surface area contributed by atoms with E-state index in [2.05, 4.69) is 41.2 Å². The Morgan fingerprint density at radius 2 is 1.92 bits per heavy atom. The van der Waals surface area contributed by atoms with Crippen molar-refractivity contribution in [3.63, 3.8) is 0 Å². The highest BCUT2D eigenvalue weighted by Gasteiger charge is 2.21. The number of rotatable bonds is 5. The van der Waals surface area contributed by atoms with E-state index in [1.165, 1.54) is 11.1 Å². The fourth-order valence-corrected chi connectivity index (χ4v) is 3.47. The van der Waals surface area contributed by atoms with Crippen LogP contribution in [0.5, 0.6) is 0 Å². The van der Waals surface area contributed by atoms with Gasteiger partial charge in [0.2, 0.25) is 5.91 Å². The number of hydrogen-bond acceptors (Lipinski definition) is 4. The van der Waals surface area contributed by atoms with Gasteiger partial charge in [-0.25, -0.2) is 0 Å². The number of carbonyl (C=O) groups is 1. The minimum absolute atomic E-state index is 0.232. The van der Waals surface area contributed by atoms with Gasteiger partial charge in [0.1, 0.15) is 5.76 Å². The van der Waals surface area contributed by atoms with Crippen molar-refractivity contribution < 1.29 is 9.32 Å². The molecule has 1 aromatic heterocycles. The molecular formula is C20H27N3O2. The van der Waals surface area contributed by atoms with Gasteiger partial charge in [-0.3, -0.25) is 9.69 Å². The van der Waals surface area contributed by atoms with Crippen LogP contribution in [0.1, 0.15) is 34.6 Å². The van der Waals surface area contributed by atoms with Crippen LogP contribution in [0.25, 0.3) is 0 Å². The average molecular weight is 341 g/mol. The normalized spacial score (nSPS) is 15.6. The van der Waals surface area contributed by atoms with Gasteiger partial charge in [-0.05, 0) is 32.8 Å². The van der Waals surface area contributed by atoms with Crippen molar-refractivity contribution in [1.82, 2.24) is 15.0 Å². The minimum atomic E-state index is 0.232. The molecule has 0 N–H and O–H groups in total. The zero-order valence-corrected chi connectivity index (χ0v) is 15.4. The number of amides is 1. The summed E-state index contributed by atoms with van der Waals surface area (Å²) in [4.78, 5) is 16.9. The second-order valence-corrected chi connectivity index (χ2v) is 6.95. The number of aryl methyl sites for hydroxylation is 3. The Balaban J connectivity index is 1.46. The van der Waals surface area contributed by atoms with Gasteiger partial charge in [-0.1, -0.05) is 35.0 Å². The Bertz CT molecular complexity index is 711. The molecule has 1 saturated heterocycles. The summed E-state index contributed by atoms with van der Waals surface area (Å²) in [6.07, 6.45) is 1.24. The maximum atomic E-state index is 12.5. The molecule has 0 aliphatic carbocycles. The highest BCUT2D eigenvalue weighted by atomic mass is 16.5. The molecule has 0 bridgehead atoms. The van der Waals surface area contributed by atoms with Crippen LogP contribution in [0.2, 0.25) is 0 Å². The molecule has 134 valence electrons. The zero-order valence-electron chi connectivity index (χ0n) is 15.4. The molecule has 0 atom stereocenters. The summed E-state index contributed by atoms with van der Waals surface area (Å²) in [5, 5.41) is 3.96. The number of nitrogens with zero attached hydrogens (tertiary/aromatic N) is 3. The SMILES string of the molecule is Cc1cccc(CN2CCN(C(=O)CCc3c(C)noc3C)CC2)c1. The Kier molecular flexibility index (Phi) is 5.53. The largest absolute Gasteiger partial charge is 0.361 e. The van der Waals surface area contributed by atoms with E-state index in [0.29, 0.717) is 12.8 Å². The van der Waals surface area contributed by atoms with Gasteiger partial charge >= 0.3 is 0 Å². The fraction of sp³-hybridized carbons (Fsp3) is 0.500. The molecule has 1 aliphatic heterocycles. The molecule has 0 unspecified atom stereocenters. The summed E-state index contributed by atoms with van der Waals surface area (Å²) in [5.74, 6) is 1.06. The molecule has 25 heavy (non-hydrogen) atoms. The Morgan fingerprint density at radius 3 is 2.56 bits per heavy atom. The maximum absolute atomic E-state index is 12.5. The van der Waals surface area contributed by atoms with Gasteiger partial charge in [0.25, 0.3) is 0 Å². The molecule has 0 radical (unpaired) electrons. The molecule has 0 spiro atoms. The molecule has 2 heterocycles. The molecule has 2 aromatic rings. The third-order valence-corrected chi connectivity index (χ3v) is 4.98. The van der Waals surface area contributed by atoms with Crippen LogP contribution in [0.15, 0.2) is 28.8 Å². The summed E-state index contributed by atoms with van der Waals surface area (Å²) in [6.45, 7) is 10.4. The lowest BCUT2D eigenvalue weighted by Gasteiger charge is -2.35. The molecule has 1 fully saturated rings. The maximum Gasteiger partial charge on any atom is 0.222 e. The van der Waals surface area contributed by atoms with E-state index in [0.717, 1.165) is 49.7 Å². The first-order valence-electron chi connectivity index (χ1n) is 9.00. The van der Waals surface area contributed by atoms with Gasteiger partial charge in [0.15, 0.2) is 0 Å². The predicted molar refractivity (Wildman–Crippen MR) is 97.3 cm³/mol. The van der Waals surface area contributed by atoms with Gasteiger partial charge in [0.05, 0.1) is 5.69 Å². The first-order chi connectivity index (χ1) is 12.0. The lowest BCUT2D eigenvalue weighted by atomic mass is 10.1. The van der Waals surface area contributed by atoms with E-state index >= 15 is 0 Å². The number of aromatic nitrogens is 1. The molecule has 0 saturated carbocycles. The Morgan fingerprint density at radius 1 is 1.16 bits per heavy atom. The van der Waals surface area contributed by atoms with Crippen LogP contribution in [0, 0.1) is 20.8 Å². The number of carbonyl (C=O) groups excluding carboxylic acids is 1. The van der Waals surface area contributed by atoms with E-state index in [-0.39, 0.29) is 5.91 Å². The summed E-state index contributed by atoms with van der Waals surface area (Å²) < 4.78 is 5.17. The van der Waals surface area contributed by atoms with E-state index in [1.54, 1.807) is 0 Å². The molecule has 5 nitrogen and oxygen atoms in total. The van der Waals surface area contributed by atoms with Crippen LogP contribution in [0.3, 0.4) is 0 Å². The highest BCUT2D eigenvalue weighted by molar-refractivity contribution is 5.76. The van der Waals surface area contributed by atoms with Crippen LogP contribution in [-0.4, -0.2) is 47.0 Å². The molecule has 5 heteroatoms. The first-order valence-corrected chi connectivity index (χ1v) is 9.00. The summed E-state index contributed by atoms with van der Waals surface area (Å²) in [7, 11) is 0. The topological polar surface area (TPSA) is 49.6 Å². The molecular weight excluding hydrogens is 314 g/mol. The van der Waals surface area contributed by atoms with Crippen molar-refractivity contribution in [2.24, 2.45) is 0 Å². The standard InChI is InChI=1S/C20H27N3O2/c1-15-5-4-6-18(13-15)14-22-9-11-23(12-10-22)20(24)8-7-19-16(2)21-25-17(19)3/h4-6,13H,7-12,14H2,1-3H3. The van der Waals surface area contributed by atoms with Gasteiger partial charge < -0.3 is 9.42 Å². The molecule has 1 aliphatic rings. The van der Waals surface area contributed by atoms with Crippen LogP contribution in [0.4, 0.5) is 0 Å². The zero-order chi connectivity index (χ0) is 17.8. The van der Waals surface area contributed by atoms with Crippen LogP contribution >= 0.6 is 0 Å². The van der Waals surface area contributed by atoms with Gasteiger partial charge in [-0.15, -0.1) is 0 Å². The second kappa shape index (κ2) is 7.83. The smallest absolute Gasteiger partial charge is 0.222 e. The monoisotopic (exact) mass is 341 g/mol. The number of hydrogen-bond donors (Lipinski definition) is 0. The molecule has 1 amide bonds. The summed E-state index contributed by atoms with van der Waals surface area (Å²) in [6, 6.07) is 8.65. The van der Waals surface area contributed by atoms with Crippen molar-refractivity contribution in [2.45, 2.75) is 40.2 Å². The molecule has 1 aromatic carbocycles. The fourth-order valence-electron chi connectivity index (χ4n) is 3.47. The van der Waals surface area contributed by atoms with Gasteiger partial charge in [0, 0.05) is 44.7 Å². The van der Waals surface area contributed by atoms with Crippen LogP contribution in [-0.2, 0) is 17.8 Å². The first kappa shape index (κ1) is 17.7. The third-order valence-electron chi connectivity index (χ3n) is 4.98. The summed E-state index contributed by atoms with van der Waals surface area (Å²) >= 11 is 0. The van der Waals surface area contributed by atoms with Crippen molar-refractivity contribution in [3.8, 4) is 0 Å². The minimum Gasteiger partial charge on any atom is -0.361 e. The third kappa shape index (κ3) is 4.48. The van der Waals surface area contributed by atoms with Crippen molar-refractivity contribution >= 4 is 5.91 Å². The summed E-state index contributed by atoms with van der Waals surface area (Å²) in [5.41, 5.74) is 4.61. The van der Waals surface area contributed by atoms with E-state index in [9.17, 15) is 4.79 Å². The van der Waals surface area contributed by atoms with E-state index < -0.39 is 0 Å². The highest BCUT2D eigenvalue weighted by Crippen LogP contribution is 2.16. The Labute approximate surface area is 149 Å².